The Morgan fingerprint density at radius 2 is 1.69 bits per heavy atom. The lowest BCUT2D eigenvalue weighted by Gasteiger charge is -2.48. The first-order valence-corrected chi connectivity index (χ1v) is 11.1. The number of carbonyl (C=O) groups is 1. The van der Waals surface area contributed by atoms with Gasteiger partial charge in [-0.3, -0.25) is 4.90 Å². The molecule has 1 aliphatic heterocycles. The van der Waals surface area contributed by atoms with Crippen molar-refractivity contribution in [3.63, 3.8) is 0 Å². The second-order valence-electron chi connectivity index (χ2n) is 9.43. The summed E-state index contributed by atoms with van der Waals surface area (Å²) < 4.78 is 19.3. The summed E-state index contributed by atoms with van der Waals surface area (Å²) in [4.78, 5) is 17.0. The molecule has 0 N–H and O–H groups in total. The molecule has 1 heterocycles. The smallest absolute Gasteiger partial charge is 0.410 e. The van der Waals surface area contributed by atoms with Gasteiger partial charge in [0.05, 0.1) is 17.7 Å². The lowest BCUT2D eigenvalue weighted by Crippen LogP contribution is -2.60. The third kappa shape index (κ3) is 5.46. The van der Waals surface area contributed by atoms with Crippen LogP contribution in [0.5, 0.6) is 0 Å². The maximum Gasteiger partial charge on any atom is 0.410 e. The monoisotopic (exact) mass is 437 g/mol. The van der Waals surface area contributed by atoms with Gasteiger partial charge in [-0.25, -0.2) is 9.18 Å². The number of rotatable bonds is 4. The summed E-state index contributed by atoms with van der Waals surface area (Å²) in [5.74, 6) is -0.275. The number of halogens is 1. The largest absolute Gasteiger partial charge is 0.444 e. The van der Waals surface area contributed by atoms with E-state index >= 15 is 0 Å². The van der Waals surface area contributed by atoms with Crippen LogP contribution in [0.1, 0.15) is 63.8 Å². The Bertz CT molecular complexity index is 961. The molecule has 0 spiro atoms. The van der Waals surface area contributed by atoms with Crippen LogP contribution in [-0.4, -0.2) is 46.7 Å². The van der Waals surface area contributed by atoms with Gasteiger partial charge in [-0.05, 0) is 69.5 Å². The Balaban J connectivity index is 1.96. The molecule has 0 saturated carbocycles. The Morgan fingerprint density at radius 1 is 1.12 bits per heavy atom. The van der Waals surface area contributed by atoms with Crippen LogP contribution in [0.2, 0.25) is 0 Å². The fourth-order valence-electron chi connectivity index (χ4n) is 4.28. The van der Waals surface area contributed by atoms with Crippen molar-refractivity contribution in [1.82, 2.24) is 9.80 Å². The number of nitrogens with zero attached hydrogens (tertiary/aromatic N) is 3. The SMILES string of the molecule is CC[C@@H]1CN(C(=O)OC(C)(C)C)[C@@H](C)CN1[C@@H](c1ccc(F)cc1)c1ccc(C#N)cc1. The van der Waals surface area contributed by atoms with E-state index in [9.17, 15) is 14.4 Å². The van der Waals surface area contributed by atoms with Crippen LogP contribution in [0.25, 0.3) is 0 Å². The van der Waals surface area contributed by atoms with Gasteiger partial charge in [0, 0.05) is 25.2 Å². The second kappa shape index (κ2) is 9.70. The maximum absolute atomic E-state index is 13.7. The molecule has 0 aromatic heterocycles. The second-order valence-corrected chi connectivity index (χ2v) is 9.43. The summed E-state index contributed by atoms with van der Waals surface area (Å²) in [5.41, 5.74) is 2.07. The van der Waals surface area contributed by atoms with Crippen molar-refractivity contribution in [2.75, 3.05) is 13.1 Å². The van der Waals surface area contributed by atoms with Crippen LogP contribution < -0.4 is 0 Å². The molecule has 170 valence electrons. The number of ether oxygens (including phenoxy) is 1. The number of hydrogen-bond donors (Lipinski definition) is 0. The molecule has 3 rings (SSSR count). The first-order valence-electron chi connectivity index (χ1n) is 11.1. The zero-order valence-corrected chi connectivity index (χ0v) is 19.5. The molecule has 6 heteroatoms. The molecule has 3 atom stereocenters. The lowest BCUT2D eigenvalue weighted by molar-refractivity contribution is -0.0201. The molecule has 1 fully saturated rings. The molecule has 2 aromatic carbocycles. The molecule has 0 aliphatic carbocycles. The van der Waals surface area contributed by atoms with Gasteiger partial charge in [0.1, 0.15) is 11.4 Å². The van der Waals surface area contributed by atoms with Crippen LogP contribution in [0.4, 0.5) is 9.18 Å². The highest BCUT2D eigenvalue weighted by atomic mass is 19.1. The molecule has 1 aliphatic rings. The summed E-state index contributed by atoms with van der Waals surface area (Å²) in [6.45, 7) is 11.0. The molecule has 5 nitrogen and oxygen atoms in total. The van der Waals surface area contributed by atoms with E-state index in [1.54, 1.807) is 0 Å². The predicted molar refractivity (Wildman–Crippen MR) is 123 cm³/mol. The third-order valence-corrected chi connectivity index (χ3v) is 5.86. The van der Waals surface area contributed by atoms with Crippen molar-refractivity contribution in [3.8, 4) is 6.07 Å². The van der Waals surface area contributed by atoms with Gasteiger partial charge in [0.15, 0.2) is 0 Å². The van der Waals surface area contributed by atoms with Crippen LogP contribution in [-0.2, 0) is 4.74 Å². The number of benzene rings is 2. The van der Waals surface area contributed by atoms with Gasteiger partial charge in [0.25, 0.3) is 0 Å². The molecule has 2 aromatic rings. The Labute approximate surface area is 190 Å². The molecular weight excluding hydrogens is 405 g/mol. The maximum atomic E-state index is 13.7. The summed E-state index contributed by atoms with van der Waals surface area (Å²) >= 11 is 0. The highest BCUT2D eigenvalue weighted by molar-refractivity contribution is 5.68. The summed E-state index contributed by atoms with van der Waals surface area (Å²) in [5, 5.41) is 9.19. The number of hydrogen-bond acceptors (Lipinski definition) is 4. The van der Waals surface area contributed by atoms with Crippen molar-refractivity contribution in [3.05, 3.63) is 71.0 Å². The van der Waals surface area contributed by atoms with E-state index in [1.165, 1.54) is 12.1 Å². The lowest BCUT2D eigenvalue weighted by atomic mass is 9.92. The minimum Gasteiger partial charge on any atom is -0.444 e. The highest BCUT2D eigenvalue weighted by Crippen LogP contribution is 2.35. The molecule has 1 saturated heterocycles. The third-order valence-electron chi connectivity index (χ3n) is 5.86. The predicted octanol–water partition coefficient (Wildman–Crippen LogP) is 5.51. The number of piperazine rings is 1. The van der Waals surface area contributed by atoms with Crippen LogP contribution in [0, 0.1) is 17.1 Å². The minimum atomic E-state index is -0.547. The number of amides is 1. The van der Waals surface area contributed by atoms with Crippen LogP contribution in [0.3, 0.4) is 0 Å². The fraction of sp³-hybridized carbons (Fsp3) is 0.462. The van der Waals surface area contributed by atoms with E-state index in [1.807, 2.05) is 69.0 Å². The van der Waals surface area contributed by atoms with E-state index in [2.05, 4.69) is 17.9 Å². The van der Waals surface area contributed by atoms with Crippen molar-refractivity contribution in [2.45, 2.75) is 64.8 Å². The highest BCUT2D eigenvalue weighted by Gasteiger charge is 2.39. The summed E-state index contributed by atoms with van der Waals surface area (Å²) in [6, 6.07) is 16.2. The molecule has 0 bridgehead atoms. The van der Waals surface area contributed by atoms with E-state index in [0.717, 1.165) is 17.5 Å². The quantitative estimate of drug-likeness (QED) is 0.633. The normalized spacial score (nSPS) is 20.5. The Morgan fingerprint density at radius 3 is 2.19 bits per heavy atom. The van der Waals surface area contributed by atoms with E-state index in [0.29, 0.717) is 18.7 Å². The average Bonchev–Trinajstić information content (AvgIpc) is 2.74. The molecule has 1 amide bonds. The van der Waals surface area contributed by atoms with E-state index in [-0.39, 0.29) is 30.0 Å². The molecular formula is C26H32FN3O2. The average molecular weight is 438 g/mol. The standard InChI is InChI=1S/C26H32FN3O2/c1-6-23-17-29(25(31)32-26(3,4)5)18(2)16-30(23)24(21-11-13-22(27)14-12-21)20-9-7-19(15-28)8-10-20/h7-14,18,23-24H,6,16-17H2,1-5H3/t18-,23+,24+/m0/s1. The summed E-state index contributed by atoms with van der Waals surface area (Å²) in [7, 11) is 0. The minimum absolute atomic E-state index is 0.0472. The fourth-order valence-corrected chi connectivity index (χ4v) is 4.28. The van der Waals surface area contributed by atoms with Crippen molar-refractivity contribution < 1.29 is 13.9 Å². The van der Waals surface area contributed by atoms with E-state index < -0.39 is 5.60 Å². The number of carbonyl (C=O) groups excluding carboxylic acids is 1. The van der Waals surface area contributed by atoms with Gasteiger partial charge < -0.3 is 9.64 Å². The van der Waals surface area contributed by atoms with Crippen molar-refractivity contribution in [2.24, 2.45) is 0 Å². The first kappa shape index (κ1) is 23.7. The van der Waals surface area contributed by atoms with Gasteiger partial charge in [0.2, 0.25) is 0 Å². The molecule has 0 radical (unpaired) electrons. The topological polar surface area (TPSA) is 56.6 Å². The molecule has 0 unspecified atom stereocenters. The number of nitriles is 1. The zero-order chi connectivity index (χ0) is 23.5. The van der Waals surface area contributed by atoms with Gasteiger partial charge >= 0.3 is 6.09 Å². The van der Waals surface area contributed by atoms with Crippen molar-refractivity contribution >= 4 is 6.09 Å². The van der Waals surface area contributed by atoms with Crippen molar-refractivity contribution in [1.29, 1.82) is 5.26 Å². The van der Waals surface area contributed by atoms with Crippen LogP contribution in [0.15, 0.2) is 48.5 Å². The first-order chi connectivity index (χ1) is 15.1. The Hall–Kier alpha value is -2.91. The zero-order valence-electron chi connectivity index (χ0n) is 19.5. The summed E-state index contributed by atoms with van der Waals surface area (Å²) in [6.07, 6.45) is 0.555. The van der Waals surface area contributed by atoms with Gasteiger partial charge in [-0.1, -0.05) is 31.2 Å². The van der Waals surface area contributed by atoms with Crippen LogP contribution >= 0.6 is 0 Å². The molecule has 32 heavy (non-hydrogen) atoms. The van der Waals surface area contributed by atoms with Gasteiger partial charge in [-0.2, -0.15) is 5.26 Å². The Kier molecular flexibility index (Phi) is 7.20. The van der Waals surface area contributed by atoms with Gasteiger partial charge in [-0.15, -0.1) is 0 Å². The van der Waals surface area contributed by atoms with E-state index in [4.69, 9.17) is 4.74 Å².